The van der Waals surface area contributed by atoms with Crippen molar-refractivity contribution in [3.63, 3.8) is 0 Å². The third-order valence-electron chi connectivity index (χ3n) is 5.29. The van der Waals surface area contributed by atoms with Crippen molar-refractivity contribution in [2.24, 2.45) is 0 Å². The van der Waals surface area contributed by atoms with Gasteiger partial charge >= 0.3 is 0 Å². The highest BCUT2D eigenvalue weighted by molar-refractivity contribution is 5.89. The molecule has 2 aromatic carbocycles. The molecule has 0 saturated carbocycles. The van der Waals surface area contributed by atoms with Crippen molar-refractivity contribution in [1.29, 1.82) is 0 Å². The fraction of sp³-hybridized carbons (Fsp3) is 0.286. The van der Waals surface area contributed by atoms with Gasteiger partial charge in [0, 0.05) is 5.56 Å². The molecule has 5 atom stereocenters. The summed E-state index contributed by atoms with van der Waals surface area (Å²) >= 11 is 0. The van der Waals surface area contributed by atoms with Crippen LogP contribution in [0.5, 0.6) is 28.7 Å². The zero-order valence-corrected chi connectivity index (χ0v) is 16.7. The van der Waals surface area contributed by atoms with Gasteiger partial charge in [-0.1, -0.05) is 0 Å². The molecule has 0 spiro atoms. The summed E-state index contributed by atoms with van der Waals surface area (Å²) in [5.41, 5.74) is -1.14. The first kappa shape index (κ1) is 22.6. The van der Waals surface area contributed by atoms with Gasteiger partial charge in [0.05, 0.1) is 6.61 Å². The second kappa shape index (κ2) is 8.42. The molecule has 1 aliphatic rings. The van der Waals surface area contributed by atoms with E-state index in [9.17, 15) is 45.6 Å². The molecule has 176 valence electrons. The van der Waals surface area contributed by atoms with Crippen LogP contribution in [0.2, 0.25) is 0 Å². The number of aliphatic hydroxyl groups is 4. The standard InChI is InChI=1S/C21H20O12/c22-6-12-15(27)17(29)18(30)21(32-12)33-20-16(28)13-11(4-3-9(24)14(13)26)31-19(20)7-1-2-8(23)10(25)5-7/h1-5,12,15,17-18,21-27,29-30H,6H2. The number of aliphatic hydroxyl groups excluding tert-OH is 4. The predicted molar refractivity (Wildman–Crippen MR) is 109 cm³/mol. The molecule has 33 heavy (non-hydrogen) atoms. The highest BCUT2D eigenvalue weighted by Crippen LogP contribution is 2.40. The lowest BCUT2D eigenvalue weighted by molar-refractivity contribution is -0.277. The van der Waals surface area contributed by atoms with Crippen LogP contribution in [0.4, 0.5) is 0 Å². The number of hydrogen-bond acceptors (Lipinski definition) is 12. The summed E-state index contributed by atoms with van der Waals surface area (Å²) in [4.78, 5) is 13.3. The van der Waals surface area contributed by atoms with Crippen molar-refractivity contribution in [3.05, 3.63) is 40.6 Å². The summed E-state index contributed by atoms with van der Waals surface area (Å²) in [5, 5.41) is 78.6. The Morgan fingerprint density at radius 2 is 1.58 bits per heavy atom. The molecule has 5 unspecified atom stereocenters. The lowest BCUT2D eigenvalue weighted by atomic mass is 9.99. The molecule has 0 radical (unpaired) electrons. The van der Waals surface area contributed by atoms with Crippen LogP contribution >= 0.6 is 0 Å². The number of benzene rings is 2. The van der Waals surface area contributed by atoms with E-state index in [4.69, 9.17) is 13.9 Å². The summed E-state index contributed by atoms with van der Waals surface area (Å²) < 4.78 is 16.5. The van der Waals surface area contributed by atoms with Crippen LogP contribution in [0.1, 0.15) is 0 Å². The van der Waals surface area contributed by atoms with Gasteiger partial charge in [-0.3, -0.25) is 4.79 Å². The van der Waals surface area contributed by atoms with Gasteiger partial charge in [0.15, 0.2) is 28.8 Å². The number of ether oxygens (including phenoxy) is 2. The van der Waals surface area contributed by atoms with E-state index >= 15 is 0 Å². The van der Waals surface area contributed by atoms with Crippen molar-refractivity contribution in [1.82, 2.24) is 0 Å². The van der Waals surface area contributed by atoms with Crippen molar-refractivity contribution in [2.45, 2.75) is 30.7 Å². The molecule has 1 fully saturated rings. The van der Waals surface area contributed by atoms with Crippen molar-refractivity contribution < 1.29 is 54.7 Å². The Morgan fingerprint density at radius 3 is 2.24 bits per heavy atom. The highest BCUT2D eigenvalue weighted by atomic mass is 16.7. The molecule has 0 aliphatic carbocycles. The third-order valence-corrected chi connectivity index (χ3v) is 5.29. The molecular formula is C21H20O12. The number of rotatable bonds is 4. The first-order chi connectivity index (χ1) is 15.6. The maximum Gasteiger partial charge on any atom is 0.239 e. The van der Waals surface area contributed by atoms with Crippen LogP contribution in [0.3, 0.4) is 0 Å². The lowest BCUT2D eigenvalue weighted by Crippen LogP contribution is -2.60. The second-order valence-corrected chi connectivity index (χ2v) is 7.41. The van der Waals surface area contributed by atoms with E-state index in [-0.39, 0.29) is 16.9 Å². The fourth-order valence-electron chi connectivity index (χ4n) is 3.48. The van der Waals surface area contributed by atoms with Crippen LogP contribution in [0.15, 0.2) is 39.5 Å². The van der Waals surface area contributed by atoms with Gasteiger partial charge in [-0.05, 0) is 30.3 Å². The summed E-state index contributed by atoms with van der Waals surface area (Å²) in [7, 11) is 0. The Balaban J connectivity index is 1.91. The zero-order chi connectivity index (χ0) is 24.0. The Hall–Kier alpha value is -3.55. The van der Waals surface area contributed by atoms with Crippen LogP contribution < -0.4 is 10.2 Å². The van der Waals surface area contributed by atoms with Gasteiger partial charge in [0.2, 0.25) is 17.5 Å². The maximum absolute atomic E-state index is 13.3. The normalized spacial score (nSPS) is 25.3. The van der Waals surface area contributed by atoms with Gasteiger partial charge < -0.3 is 54.7 Å². The van der Waals surface area contributed by atoms with Gasteiger partial charge in [-0.15, -0.1) is 0 Å². The number of phenols is 4. The lowest BCUT2D eigenvalue weighted by Gasteiger charge is -2.39. The fourth-order valence-corrected chi connectivity index (χ4v) is 3.48. The third kappa shape index (κ3) is 3.79. The van der Waals surface area contributed by atoms with Gasteiger partial charge in [0.1, 0.15) is 35.4 Å². The molecule has 12 nitrogen and oxygen atoms in total. The first-order valence-corrected chi connectivity index (χ1v) is 9.65. The Kier molecular flexibility index (Phi) is 5.78. The van der Waals surface area contributed by atoms with Crippen LogP contribution in [0, 0.1) is 0 Å². The van der Waals surface area contributed by atoms with Crippen LogP contribution in [0.25, 0.3) is 22.3 Å². The Bertz CT molecular complexity index is 1250. The monoisotopic (exact) mass is 464 g/mol. The average molecular weight is 464 g/mol. The molecule has 12 heteroatoms. The van der Waals surface area contributed by atoms with Crippen LogP contribution in [-0.4, -0.2) is 78.2 Å². The van der Waals surface area contributed by atoms with Crippen LogP contribution in [-0.2, 0) is 4.74 Å². The van der Waals surface area contributed by atoms with Gasteiger partial charge in [-0.2, -0.15) is 0 Å². The predicted octanol–water partition coefficient (Wildman–Crippen LogP) is -0.539. The molecule has 2 heterocycles. The summed E-state index contributed by atoms with van der Waals surface area (Å²) in [6.45, 7) is -0.746. The van der Waals surface area contributed by atoms with Crippen molar-refractivity contribution in [2.75, 3.05) is 6.61 Å². The zero-order valence-electron chi connectivity index (χ0n) is 16.7. The topological polar surface area (TPSA) is 211 Å². The highest BCUT2D eigenvalue weighted by Gasteiger charge is 2.45. The SMILES string of the molecule is O=c1c(OC2OC(CO)C(O)C(O)C2O)c(-c2ccc(O)c(O)c2)oc2ccc(O)c(O)c12. The summed E-state index contributed by atoms with van der Waals surface area (Å²) in [6, 6.07) is 5.73. The van der Waals surface area contributed by atoms with E-state index < -0.39 is 76.9 Å². The summed E-state index contributed by atoms with van der Waals surface area (Å²) in [5.74, 6) is -3.41. The summed E-state index contributed by atoms with van der Waals surface area (Å²) in [6.07, 6.45) is -8.44. The molecular weight excluding hydrogens is 444 g/mol. The van der Waals surface area contributed by atoms with E-state index in [0.717, 1.165) is 18.2 Å². The Labute approximate surface area is 184 Å². The molecule has 0 bridgehead atoms. The van der Waals surface area contributed by atoms with E-state index in [1.54, 1.807) is 0 Å². The molecule has 8 N–H and O–H groups in total. The quantitative estimate of drug-likeness (QED) is 0.229. The van der Waals surface area contributed by atoms with E-state index in [0.29, 0.717) is 0 Å². The average Bonchev–Trinajstić information content (AvgIpc) is 2.79. The first-order valence-electron chi connectivity index (χ1n) is 9.65. The largest absolute Gasteiger partial charge is 0.504 e. The van der Waals surface area contributed by atoms with E-state index in [2.05, 4.69) is 0 Å². The number of phenolic OH excluding ortho intramolecular Hbond substituents is 4. The maximum atomic E-state index is 13.3. The molecule has 4 rings (SSSR count). The van der Waals surface area contributed by atoms with Gasteiger partial charge in [0.25, 0.3) is 0 Å². The smallest absolute Gasteiger partial charge is 0.239 e. The number of aromatic hydroxyl groups is 4. The number of hydrogen-bond donors (Lipinski definition) is 8. The van der Waals surface area contributed by atoms with Crippen molar-refractivity contribution in [3.8, 4) is 40.1 Å². The minimum atomic E-state index is -1.86. The van der Waals surface area contributed by atoms with Gasteiger partial charge in [-0.25, -0.2) is 0 Å². The minimum absolute atomic E-state index is 0.0384. The Morgan fingerprint density at radius 1 is 0.879 bits per heavy atom. The van der Waals surface area contributed by atoms with E-state index in [1.807, 2.05) is 0 Å². The van der Waals surface area contributed by atoms with E-state index in [1.165, 1.54) is 12.1 Å². The molecule has 1 aromatic heterocycles. The molecule has 0 amide bonds. The second-order valence-electron chi connectivity index (χ2n) is 7.41. The minimum Gasteiger partial charge on any atom is -0.504 e. The van der Waals surface area contributed by atoms with Crippen molar-refractivity contribution >= 4 is 11.0 Å². The molecule has 3 aromatic rings. The number of fused-ring (bicyclic) bond motifs is 1. The molecule has 1 saturated heterocycles. The molecule has 1 aliphatic heterocycles.